The zero-order chi connectivity index (χ0) is 15.1. The van der Waals surface area contributed by atoms with Crippen LogP contribution >= 0.6 is 11.5 Å². The molecular weight excluding hydrogens is 300 g/mol. The van der Waals surface area contributed by atoms with Crippen molar-refractivity contribution in [1.29, 1.82) is 0 Å². The van der Waals surface area contributed by atoms with Crippen LogP contribution in [0.1, 0.15) is 12.8 Å². The van der Waals surface area contributed by atoms with Gasteiger partial charge in [-0.15, -0.1) is 0 Å². The summed E-state index contributed by atoms with van der Waals surface area (Å²) in [5, 5.41) is 0.0856. The second kappa shape index (κ2) is 5.21. The predicted octanol–water partition coefficient (Wildman–Crippen LogP) is 0.186. The fourth-order valence-electron chi connectivity index (χ4n) is 1.76. The molecule has 1 saturated carbocycles. The van der Waals surface area contributed by atoms with Crippen molar-refractivity contribution in [3.05, 3.63) is 0 Å². The Labute approximate surface area is 122 Å². The van der Waals surface area contributed by atoms with E-state index >= 15 is 0 Å². The molecule has 1 amide bonds. The van der Waals surface area contributed by atoms with E-state index in [0.717, 1.165) is 11.5 Å². The maximum atomic E-state index is 12.4. The Hall–Kier alpha value is -1.35. The summed E-state index contributed by atoms with van der Waals surface area (Å²) in [5.41, 5.74) is 5.72. The molecule has 1 aromatic heterocycles. The van der Waals surface area contributed by atoms with Gasteiger partial charge in [0.05, 0.1) is 11.8 Å². The molecule has 9 heteroatoms. The van der Waals surface area contributed by atoms with Crippen LogP contribution in [0.25, 0.3) is 0 Å². The van der Waals surface area contributed by atoms with Crippen molar-refractivity contribution in [2.24, 2.45) is 0 Å². The van der Waals surface area contributed by atoms with Gasteiger partial charge in [-0.1, -0.05) is 0 Å². The first-order chi connectivity index (χ1) is 9.25. The molecule has 112 valence electrons. The molecule has 0 spiro atoms. The first-order valence-corrected chi connectivity index (χ1v) is 8.47. The molecule has 0 unspecified atom stereocenters. The summed E-state index contributed by atoms with van der Waals surface area (Å²) in [4.78, 5) is 14.9. The summed E-state index contributed by atoms with van der Waals surface area (Å²) in [5.74, 6) is -0.0877. The minimum Gasteiger partial charge on any atom is -0.382 e. The lowest BCUT2D eigenvalue weighted by Crippen LogP contribution is -2.34. The number of hydrogen-bond donors (Lipinski definition) is 1. The Morgan fingerprint density at radius 1 is 1.40 bits per heavy atom. The van der Waals surface area contributed by atoms with E-state index in [1.54, 1.807) is 26.0 Å². The van der Waals surface area contributed by atoms with Gasteiger partial charge in [-0.05, 0) is 24.4 Å². The third kappa shape index (κ3) is 2.73. The van der Waals surface area contributed by atoms with Gasteiger partial charge in [0.15, 0.2) is 15.7 Å². The Bertz CT molecular complexity index is 620. The number of aromatic nitrogens is 1. The summed E-state index contributed by atoms with van der Waals surface area (Å²) in [6, 6.07) is 0. The van der Waals surface area contributed by atoms with Crippen LogP contribution in [0.3, 0.4) is 0 Å². The lowest BCUT2D eigenvalue weighted by Gasteiger charge is -2.20. The van der Waals surface area contributed by atoms with Crippen LogP contribution in [0.5, 0.6) is 0 Å². The zero-order valence-electron chi connectivity index (χ0n) is 11.7. The highest BCUT2D eigenvalue weighted by atomic mass is 32.2. The summed E-state index contributed by atoms with van der Waals surface area (Å²) < 4.78 is 28.7. The van der Waals surface area contributed by atoms with E-state index in [1.807, 2.05) is 0 Å². The molecule has 0 saturated heterocycles. The average molecular weight is 318 g/mol. The van der Waals surface area contributed by atoms with E-state index in [-0.39, 0.29) is 28.4 Å². The number of hydrogen-bond acceptors (Lipinski definition) is 7. The first-order valence-electron chi connectivity index (χ1n) is 6.15. The number of carbonyl (C=O) groups excluding carboxylic acids is 1. The molecule has 2 N–H and O–H groups in total. The summed E-state index contributed by atoms with van der Waals surface area (Å²) in [6.45, 7) is 0.0851. The number of amides is 1. The van der Waals surface area contributed by atoms with E-state index in [4.69, 9.17) is 5.73 Å². The minimum atomic E-state index is -3.43. The fourth-order valence-corrected chi connectivity index (χ4v) is 4.77. The molecule has 0 radical (unpaired) electrons. The number of nitrogens with two attached hydrogens (primary N) is 1. The van der Waals surface area contributed by atoms with Gasteiger partial charge in [0.1, 0.15) is 9.90 Å². The molecule has 0 bridgehead atoms. The lowest BCUT2D eigenvalue weighted by molar-refractivity contribution is -0.127. The Morgan fingerprint density at radius 3 is 2.50 bits per heavy atom. The maximum Gasteiger partial charge on any atom is 0.241 e. The fraction of sp³-hybridized carbons (Fsp3) is 0.636. The van der Waals surface area contributed by atoms with E-state index < -0.39 is 9.84 Å². The molecule has 1 aliphatic carbocycles. The number of sulfone groups is 1. The van der Waals surface area contributed by atoms with Crippen molar-refractivity contribution in [2.45, 2.75) is 23.0 Å². The van der Waals surface area contributed by atoms with Gasteiger partial charge in [0.25, 0.3) is 0 Å². The number of nitrogen functional groups attached to an aromatic ring is 1. The van der Waals surface area contributed by atoms with E-state index in [9.17, 15) is 13.2 Å². The molecule has 7 nitrogen and oxygen atoms in total. The van der Waals surface area contributed by atoms with Crippen LogP contribution in [-0.4, -0.2) is 56.5 Å². The average Bonchev–Trinajstić information content (AvgIpc) is 3.12. The van der Waals surface area contributed by atoms with Crippen molar-refractivity contribution in [2.75, 3.05) is 38.3 Å². The molecule has 1 aliphatic rings. The Balaban J connectivity index is 2.32. The van der Waals surface area contributed by atoms with Gasteiger partial charge in [-0.2, -0.15) is 4.37 Å². The monoisotopic (exact) mass is 318 g/mol. The van der Waals surface area contributed by atoms with Gasteiger partial charge in [0.2, 0.25) is 5.91 Å². The normalized spacial score (nSPS) is 15.2. The number of rotatable bonds is 5. The van der Waals surface area contributed by atoms with Gasteiger partial charge in [-0.25, -0.2) is 8.42 Å². The topological polar surface area (TPSA) is 96.6 Å². The molecule has 0 aromatic carbocycles. The first kappa shape index (κ1) is 15.0. The predicted molar refractivity (Wildman–Crippen MR) is 78.7 cm³/mol. The van der Waals surface area contributed by atoms with Crippen molar-refractivity contribution < 1.29 is 13.2 Å². The number of anilines is 2. The van der Waals surface area contributed by atoms with Crippen molar-refractivity contribution in [3.63, 3.8) is 0 Å². The zero-order valence-corrected chi connectivity index (χ0v) is 13.3. The number of nitrogens with zero attached hydrogens (tertiary/aromatic N) is 3. The Kier molecular flexibility index (Phi) is 3.92. The van der Waals surface area contributed by atoms with Crippen LogP contribution in [0, 0.1) is 0 Å². The minimum absolute atomic E-state index is 0.0288. The molecule has 20 heavy (non-hydrogen) atoms. The van der Waals surface area contributed by atoms with Crippen molar-refractivity contribution >= 4 is 38.1 Å². The Morgan fingerprint density at radius 2 is 2.00 bits per heavy atom. The smallest absolute Gasteiger partial charge is 0.241 e. The van der Waals surface area contributed by atoms with Crippen molar-refractivity contribution in [3.8, 4) is 0 Å². The molecule has 0 atom stereocenters. The summed E-state index contributed by atoms with van der Waals surface area (Å²) in [6.07, 6.45) is 1.33. The van der Waals surface area contributed by atoms with Gasteiger partial charge in [0, 0.05) is 21.1 Å². The van der Waals surface area contributed by atoms with Crippen molar-refractivity contribution in [1.82, 2.24) is 9.27 Å². The molecule has 1 aromatic rings. The van der Waals surface area contributed by atoms with Gasteiger partial charge >= 0.3 is 0 Å². The summed E-state index contributed by atoms with van der Waals surface area (Å²) in [7, 11) is 1.54. The van der Waals surface area contributed by atoms with E-state index in [2.05, 4.69) is 4.37 Å². The highest BCUT2D eigenvalue weighted by molar-refractivity contribution is 7.92. The quantitative estimate of drug-likeness (QED) is 0.832. The highest BCUT2D eigenvalue weighted by Crippen LogP contribution is 2.42. The van der Waals surface area contributed by atoms with E-state index in [1.165, 1.54) is 4.90 Å². The second-order valence-corrected chi connectivity index (χ2v) is 8.01. The molecule has 2 rings (SSSR count). The lowest BCUT2D eigenvalue weighted by atomic mass is 10.4. The van der Waals surface area contributed by atoms with Crippen LogP contribution in [0.15, 0.2) is 4.90 Å². The maximum absolute atomic E-state index is 12.4. The van der Waals surface area contributed by atoms with Crippen LogP contribution in [-0.2, 0) is 14.6 Å². The number of likely N-dealkylation sites (N-methyl/N-ethyl adjacent to an activating group) is 2. The summed E-state index contributed by atoms with van der Waals surface area (Å²) >= 11 is 1.01. The molecular formula is C11H18N4O3S2. The number of carbonyl (C=O) groups is 1. The van der Waals surface area contributed by atoms with E-state index in [0.29, 0.717) is 17.8 Å². The molecule has 1 heterocycles. The third-order valence-corrected chi connectivity index (χ3v) is 6.55. The van der Waals surface area contributed by atoms with Crippen LogP contribution in [0.2, 0.25) is 0 Å². The standard InChI is InChI=1S/C11H18N4O3S2/c1-14(2)8(16)6-15(3)11-9(10(12)13-19-11)20(17,18)7-4-5-7/h7H,4-6H2,1-3H3,(H2,12,13). The molecule has 1 fully saturated rings. The van der Waals surface area contributed by atoms with Crippen LogP contribution < -0.4 is 10.6 Å². The van der Waals surface area contributed by atoms with Crippen LogP contribution in [0.4, 0.5) is 10.8 Å². The largest absolute Gasteiger partial charge is 0.382 e. The van der Waals surface area contributed by atoms with Gasteiger partial charge in [-0.3, -0.25) is 4.79 Å². The third-order valence-electron chi connectivity index (χ3n) is 3.12. The SMILES string of the molecule is CN(C)C(=O)CN(C)c1snc(N)c1S(=O)(=O)C1CC1. The molecule has 0 aliphatic heterocycles. The highest BCUT2D eigenvalue weighted by Gasteiger charge is 2.41. The second-order valence-electron chi connectivity index (χ2n) is 5.09. The van der Waals surface area contributed by atoms with Gasteiger partial charge < -0.3 is 15.5 Å².